The van der Waals surface area contributed by atoms with E-state index < -0.39 is 0 Å². The van der Waals surface area contributed by atoms with Crippen molar-refractivity contribution < 1.29 is 13.9 Å². The lowest BCUT2D eigenvalue weighted by molar-refractivity contribution is 0.281. The molecule has 8 heteroatoms. The lowest BCUT2D eigenvalue weighted by Crippen LogP contribution is -2.08. The van der Waals surface area contributed by atoms with Crippen LogP contribution in [0.25, 0.3) is 0 Å². The third-order valence-corrected chi connectivity index (χ3v) is 3.63. The largest absolute Gasteiger partial charge is 0.493 e. The van der Waals surface area contributed by atoms with Gasteiger partial charge in [0.1, 0.15) is 12.4 Å². The van der Waals surface area contributed by atoms with Crippen LogP contribution in [0.1, 0.15) is 11.1 Å². The first kappa shape index (κ1) is 16.7. The zero-order chi connectivity index (χ0) is 17.6. The Kier molecular flexibility index (Phi) is 5.08. The minimum absolute atomic E-state index is 0.275. The van der Waals surface area contributed by atoms with E-state index in [2.05, 4.69) is 20.8 Å². The predicted octanol–water partition coefficient (Wildman–Crippen LogP) is 2.55. The Hall–Kier alpha value is -3.16. The Labute approximate surface area is 144 Å². The molecular weight excluding hydrogens is 325 g/mol. The van der Waals surface area contributed by atoms with Crippen LogP contribution in [-0.4, -0.2) is 27.3 Å². The average Bonchev–Trinajstić information content (AvgIpc) is 3.04. The summed E-state index contributed by atoms with van der Waals surface area (Å²) in [5, 5.41) is 14.4. The number of nitrogens with zero attached hydrogens (tertiary/aromatic N) is 4. The summed E-state index contributed by atoms with van der Waals surface area (Å²) in [5.41, 5.74) is 1.76. The summed E-state index contributed by atoms with van der Waals surface area (Å²) in [4.78, 5) is 0. The molecule has 130 valence electrons. The van der Waals surface area contributed by atoms with Gasteiger partial charge in [-0.2, -0.15) is 0 Å². The van der Waals surface area contributed by atoms with E-state index >= 15 is 0 Å². The lowest BCUT2D eigenvalue weighted by Gasteiger charge is -2.15. The summed E-state index contributed by atoms with van der Waals surface area (Å²) < 4.78 is 25.9. The van der Waals surface area contributed by atoms with Gasteiger partial charge in [0.2, 0.25) is 5.95 Å². The first-order valence-corrected chi connectivity index (χ1v) is 7.66. The number of nitrogens with one attached hydrogen (secondary N) is 1. The van der Waals surface area contributed by atoms with Crippen LogP contribution >= 0.6 is 0 Å². The van der Waals surface area contributed by atoms with Gasteiger partial charge >= 0.3 is 0 Å². The van der Waals surface area contributed by atoms with Gasteiger partial charge in [-0.05, 0) is 34.2 Å². The molecule has 0 saturated heterocycles. The highest BCUT2D eigenvalue weighted by Gasteiger charge is 2.12. The maximum absolute atomic E-state index is 13.0. The summed E-state index contributed by atoms with van der Waals surface area (Å²) in [6.45, 7) is 0.767. The van der Waals surface area contributed by atoms with E-state index in [1.54, 1.807) is 31.0 Å². The van der Waals surface area contributed by atoms with Crippen LogP contribution in [0.4, 0.5) is 10.3 Å². The van der Waals surface area contributed by atoms with Crippen molar-refractivity contribution >= 4 is 5.95 Å². The molecule has 0 bridgehead atoms. The number of hydrogen-bond acceptors (Lipinski definition) is 6. The molecule has 0 atom stereocenters. The molecule has 25 heavy (non-hydrogen) atoms. The normalized spacial score (nSPS) is 10.5. The highest BCUT2D eigenvalue weighted by molar-refractivity contribution is 5.48. The molecule has 0 aliphatic heterocycles. The van der Waals surface area contributed by atoms with E-state index in [0.717, 1.165) is 11.1 Å². The third-order valence-electron chi connectivity index (χ3n) is 3.63. The highest BCUT2D eigenvalue weighted by atomic mass is 19.1. The number of hydrogen-bond donors (Lipinski definition) is 1. The second kappa shape index (κ2) is 7.61. The number of aryl methyl sites for hydroxylation is 1. The number of aromatic nitrogens is 4. The number of tetrazole rings is 1. The van der Waals surface area contributed by atoms with Crippen molar-refractivity contribution in [2.45, 2.75) is 13.2 Å². The minimum Gasteiger partial charge on any atom is -0.493 e. The van der Waals surface area contributed by atoms with Crippen LogP contribution < -0.4 is 14.8 Å². The zero-order valence-corrected chi connectivity index (χ0v) is 13.9. The van der Waals surface area contributed by atoms with Crippen LogP contribution in [-0.2, 0) is 20.2 Å². The van der Waals surface area contributed by atoms with Gasteiger partial charge in [0, 0.05) is 19.2 Å². The van der Waals surface area contributed by atoms with Crippen molar-refractivity contribution in [2.24, 2.45) is 7.05 Å². The van der Waals surface area contributed by atoms with Gasteiger partial charge < -0.3 is 14.8 Å². The molecule has 1 heterocycles. The molecule has 0 spiro atoms. The average molecular weight is 343 g/mol. The SMILES string of the molecule is COc1cccc(CNc2nnnn2C)c1OCc1ccc(F)cc1. The minimum atomic E-state index is -0.275. The smallest absolute Gasteiger partial charge is 0.242 e. The molecule has 0 saturated carbocycles. The molecule has 2 aromatic carbocycles. The van der Waals surface area contributed by atoms with Crippen molar-refractivity contribution in [1.29, 1.82) is 0 Å². The van der Waals surface area contributed by atoms with Gasteiger partial charge in [-0.1, -0.05) is 29.4 Å². The maximum Gasteiger partial charge on any atom is 0.242 e. The molecule has 0 radical (unpaired) electrons. The third kappa shape index (κ3) is 4.03. The van der Waals surface area contributed by atoms with Crippen molar-refractivity contribution in [2.75, 3.05) is 12.4 Å². The van der Waals surface area contributed by atoms with Crippen molar-refractivity contribution in [3.63, 3.8) is 0 Å². The number of rotatable bonds is 7. The zero-order valence-electron chi connectivity index (χ0n) is 13.9. The molecule has 1 N–H and O–H groups in total. The van der Waals surface area contributed by atoms with Gasteiger partial charge in [-0.25, -0.2) is 9.07 Å². The van der Waals surface area contributed by atoms with Crippen molar-refractivity contribution in [3.05, 3.63) is 59.4 Å². The van der Waals surface area contributed by atoms with Gasteiger partial charge in [-0.3, -0.25) is 0 Å². The second-order valence-electron chi connectivity index (χ2n) is 5.34. The molecule has 0 aliphatic rings. The quantitative estimate of drug-likeness (QED) is 0.711. The highest BCUT2D eigenvalue weighted by Crippen LogP contribution is 2.32. The topological polar surface area (TPSA) is 74.1 Å². The molecule has 7 nitrogen and oxygen atoms in total. The van der Waals surface area contributed by atoms with E-state index in [1.807, 2.05) is 18.2 Å². The van der Waals surface area contributed by atoms with E-state index in [-0.39, 0.29) is 5.82 Å². The van der Waals surface area contributed by atoms with E-state index in [9.17, 15) is 4.39 Å². The Morgan fingerprint density at radius 1 is 1.16 bits per heavy atom. The number of benzene rings is 2. The summed E-state index contributed by atoms with van der Waals surface area (Å²) in [5.74, 6) is 1.52. The fraction of sp³-hybridized carbons (Fsp3) is 0.235. The summed E-state index contributed by atoms with van der Waals surface area (Å²) in [6, 6.07) is 11.8. The van der Waals surface area contributed by atoms with Crippen LogP contribution in [0, 0.1) is 5.82 Å². The van der Waals surface area contributed by atoms with Gasteiger partial charge in [0.25, 0.3) is 0 Å². The van der Waals surface area contributed by atoms with Crippen molar-refractivity contribution in [3.8, 4) is 11.5 Å². The summed E-state index contributed by atoms with van der Waals surface area (Å²) in [7, 11) is 3.34. The fourth-order valence-corrected chi connectivity index (χ4v) is 2.31. The monoisotopic (exact) mass is 343 g/mol. The molecular formula is C17H18FN5O2. The molecule has 3 aromatic rings. The fourth-order valence-electron chi connectivity index (χ4n) is 2.31. The van der Waals surface area contributed by atoms with Crippen LogP contribution in [0.15, 0.2) is 42.5 Å². The first-order chi connectivity index (χ1) is 12.2. The predicted molar refractivity (Wildman–Crippen MR) is 89.9 cm³/mol. The number of methoxy groups -OCH3 is 1. The van der Waals surface area contributed by atoms with Crippen molar-refractivity contribution in [1.82, 2.24) is 20.2 Å². The Bertz CT molecular complexity index is 835. The van der Waals surface area contributed by atoms with E-state index in [1.165, 1.54) is 12.1 Å². The number of ether oxygens (including phenoxy) is 2. The molecule has 0 amide bonds. The van der Waals surface area contributed by atoms with Gasteiger partial charge in [0.15, 0.2) is 11.5 Å². The summed E-state index contributed by atoms with van der Waals surface area (Å²) in [6.07, 6.45) is 0. The molecule has 3 rings (SSSR count). The Morgan fingerprint density at radius 3 is 2.64 bits per heavy atom. The lowest BCUT2D eigenvalue weighted by atomic mass is 10.1. The van der Waals surface area contributed by atoms with Crippen LogP contribution in [0.5, 0.6) is 11.5 Å². The standard InChI is InChI=1S/C17H18FN5O2/c1-23-17(20-21-22-23)19-10-13-4-3-5-15(24-2)16(13)25-11-12-6-8-14(18)9-7-12/h3-9H,10-11H2,1-2H3,(H,19,20,22). The summed E-state index contributed by atoms with van der Waals surface area (Å²) >= 11 is 0. The van der Waals surface area contributed by atoms with E-state index in [4.69, 9.17) is 9.47 Å². The van der Waals surface area contributed by atoms with Crippen LogP contribution in [0.3, 0.4) is 0 Å². The number of para-hydroxylation sites is 1. The van der Waals surface area contributed by atoms with Gasteiger partial charge in [0.05, 0.1) is 7.11 Å². The number of halogens is 1. The van der Waals surface area contributed by atoms with Gasteiger partial charge in [-0.15, -0.1) is 0 Å². The second-order valence-corrected chi connectivity index (χ2v) is 5.34. The van der Waals surface area contributed by atoms with Crippen LogP contribution in [0.2, 0.25) is 0 Å². The Balaban J connectivity index is 1.76. The Morgan fingerprint density at radius 2 is 1.96 bits per heavy atom. The maximum atomic E-state index is 13.0. The molecule has 0 unspecified atom stereocenters. The number of anilines is 1. The molecule has 0 aliphatic carbocycles. The molecule has 1 aromatic heterocycles. The first-order valence-electron chi connectivity index (χ1n) is 7.66. The van der Waals surface area contributed by atoms with E-state index in [0.29, 0.717) is 30.6 Å². The molecule has 0 fully saturated rings.